The summed E-state index contributed by atoms with van der Waals surface area (Å²) in [5.74, 6) is 1.57. The first-order valence-corrected chi connectivity index (χ1v) is 9.82. The van der Waals surface area contributed by atoms with Crippen LogP contribution in [0, 0.1) is 5.92 Å². The summed E-state index contributed by atoms with van der Waals surface area (Å²) in [4.78, 5) is 0. The van der Waals surface area contributed by atoms with Gasteiger partial charge in [0, 0.05) is 6.04 Å². The maximum absolute atomic E-state index is 9.99. The Labute approximate surface area is 152 Å². The molecule has 1 aliphatic carbocycles. The van der Waals surface area contributed by atoms with Gasteiger partial charge < -0.3 is 10.4 Å². The highest BCUT2D eigenvalue weighted by molar-refractivity contribution is 5.40. The van der Waals surface area contributed by atoms with Crippen LogP contribution in [0.15, 0.2) is 48.5 Å². The van der Waals surface area contributed by atoms with Crippen molar-refractivity contribution in [1.82, 2.24) is 5.32 Å². The van der Waals surface area contributed by atoms with Crippen LogP contribution in [-0.4, -0.2) is 17.7 Å². The zero-order valence-electron chi connectivity index (χ0n) is 15.5. The van der Waals surface area contributed by atoms with Crippen molar-refractivity contribution in [2.45, 2.75) is 57.9 Å². The van der Waals surface area contributed by atoms with Crippen LogP contribution in [0.25, 0.3) is 0 Å². The molecule has 0 amide bonds. The van der Waals surface area contributed by atoms with Crippen LogP contribution in [0.5, 0.6) is 5.75 Å². The maximum Gasteiger partial charge on any atom is 0.115 e. The van der Waals surface area contributed by atoms with Gasteiger partial charge in [0.25, 0.3) is 0 Å². The summed E-state index contributed by atoms with van der Waals surface area (Å²) >= 11 is 0. The first-order valence-electron chi connectivity index (χ1n) is 9.82. The third-order valence-electron chi connectivity index (χ3n) is 5.71. The number of phenols is 1. The van der Waals surface area contributed by atoms with Crippen LogP contribution in [0.1, 0.15) is 55.7 Å². The van der Waals surface area contributed by atoms with Gasteiger partial charge in [0.2, 0.25) is 0 Å². The summed E-state index contributed by atoms with van der Waals surface area (Å²) in [6, 6.07) is 17.2. The normalized spacial score (nSPS) is 22.6. The highest BCUT2D eigenvalue weighted by atomic mass is 16.3. The van der Waals surface area contributed by atoms with E-state index in [-0.39, 0.29) is 0 Å². The van der Waals surface area contributed by atoms with Crippen molar-refractivity contribution in [2.75, 3.05) is 6.54 Å². The molecule has 2 aromatic carbocycles. The molecule has 0 saturated heterocycles. The second kappa shape index (κ2) is 8.53. The molecule has 0 bridgehead atoms. The predicted octanol–water partition coefficient (Wildman–Crippen LogP) is 5.06. The van der Waals surface area contributed by atoms with Crippen LogP contribution < -0.4 is 5.32 Å². The van der Waals surface area contributed by atoms with E-state index in [2.05, 4.69) is 55.6 Å². The fourth-order valence-corrected chi connectivity index (χ4v) is 4.43. The molecule has 25 heavy (non-hydrogen) atoms. The van der Waals surface area contributed by atoms with Crippen LogP contribution in [0.3, 0.4) is 0 Å². The van der Waals surface area contributed by atoms with E-state index in [1.165, 1.54) is 36.0 Å². The van der Waals surface area contributed by atoms with Gasteiger partial charge in [0.05, 0.1) is 0 Å². The van der Waals surface area contributed by atoms with Gasteiger partial charge in [-0.3, -0.25) is 0 Å². The first kappa shape index (κ1) is 18.0. The SMILES string of the molecule is CCCC1c2cc(O)ccc2CC(CC)C1NCCc1ccccc1. The summed E-state index contributed by atoms with van der Waals surface area (Å²) in [6.45, 7) is 5.59. The van der Waals surface area contributed by atoms with Gasteiger partial charge >= 0.3 is 0 Å². The molecule has 0 radical (unpaired) electrons. The van der Waals surface area contributed by atoms with Gasteiger partial charge in [-0.15, -0.1) is 0 Å². The Morgan fingerprint density at radius 2 is 1.88 bits per heavy atom. The van der Waals surface area contributed by atoms with Gasteiger partial charge in [-0.2, -0.15) is 0 Å². The molecule has 134 valence electrons. The van der Waals surface area contributed by atoms with E-state index in [0.717, 1.165) is 19.4 Å². The molecular formula is C23H31NO. The summed E-state index contributed by atoms with van der Waals surface area (Å²) in [6.07, 6.45) is 5.74. The van der Waals surface area contributed by atoms with Crippen molar-refractivity contribution in [3.8, 4) is 5.75 Å². The molecule has 0 heterocycles. The molecule has 1 aliphatic rings. The van der Waals surface area contributed by atoms with Gasteiger partial charge in [0.15, 0.2) is 0 Å². The highest BCUT2D eigenvalue weighted by Crippen LogP contribution is 2.40. The van der Waals surface area contributed by atoms with Crippen LogP contribution in [-0.2, 0) is 12.8 Å². The van der Waals surface area contributed by atoms with Gasteiger partial charge in [0.1, 0.15) is 5.75 Å². The Bertz CT molecular complexity index is 667. The number of phenolic OH excluding ortho intramolecular Hbond substituents is 1. The first-order chi connectivity index (χ1) is 12.2. The average Bonchev–Trinajstić information content (AvgIpc) is 2.64. The number of hydrogen-bond acceptors (Lipinski definition) is 2. The zero-order valence-corrected chi connectivity index (χ0v) is 15.5. The molecule has 2 N–H and O–H groups in total. The molecule has 3 atom stereocenters. The molecule has 3 rings (SSSR count). The molecule has 0 fully saturated rings. The molecule has 0 saturated carbocycles. The second-order valence-corrected chi connectivity index (χ2v) is 7.37. The van der Waals surface area contributed by atoms with E-state index < -0.39 is 0 Å². The van der Waals surface area contributed by atoms with E-state index in [1.54, 1.807) is 0 Å². The largest absolute Gasteiger partial charge is 0.508 e. The lowest BCUT2D eigenvalue weighted by atomic mass is 9.70. The van der Waals surface area contributed by atoms with Crippen LogP contribution >= 0.6 is 0 Å². The Hall–Kier alpha value is -1.80. The average molecular weight is 338 g/mol. The number of hydrogen-bond donors (Lipinski definition) is 2. The van der Waals surface area contributed by atoms with E-state index in [0.29, 0.717) is 23.6 Å². The fraction of sp³-hybridized carbons (Fsp3) is 0.478. The molecule has 0 aliphatic heterocycles. The summed E-state index contributed by atoms with van der Waals surface area (Å²) in [5.41, 5.74) is 4.19. The highest BCUT2D eigenvalue weighted by Gasteiger charge is 2.35. The minimum absolute atomic E-state index is 0.401. The number of aromatic hydroxyl groups is 1. The van der Waals surface area contributed by atoms with Crippen LogP contribution in [0.2, 0.25) is 0 Å². The lowest BCUT2D eigenvalue weighted by molar-refractivity contribution is 0.267. The van der Waals surface area contributed by atoms with Crippen molar-refractivity contribution >= 4 is 0 Å². The lowest BCUT2D eigenvalue weighted by Crippen LogP contribution is -2.45. The topological polar surface area (TPSA) is 32.3 Å². The molecular weight excluding hydrogens is 306 g/mol. The Balaban J connectivity index is 1.76. The standard InChI is InChI=1S/C23H31NO/c1-3-8-21-22-16-20(25)12-11-19(22)15-18(4-2)23(21)24-14-13-17-9-6-5-7-10-17/h5-7,9-12,16,18,21,23-25H,3-4,8,13-15H2,1-2H3. The van der Waals surface area contributed by atoms with Gasteiger partial charge in [-0.1, -0.05) is 63.1 Å². The number of fused-ring (bicyclic) bond motifs is 1. The van der Waals surface area contributed by atoms with Gasteiger partial charge in [-0.25, -0.2) is 0 Å². The quantitative estimate of drug-likeness (QED) is 0.740. The predicted molar refractivity (Wildman–Crippen MR) is 105 cm³/mol. The fourth-order valence-electron chi connectivity index (χ4n) is 4.43. The number of nitrogens with one attached hydrogen (secondary N) is 1. The summed E-state index contributed by atoms with van der Waals surface area (Å²) < 4.78 is 0. The van der Waals surface area contributed by atoms with Gasteiger partial charge in [-0.05, 0) is 66.5 Å². The van der Waals surface area contributed by atoms with Crippen molar-refractivity contribution in [3.05, 3.63) is 65.2 Å². The number of rotatable bonds is 7. The monoisotopic (exact) mass is 337 g/mol. The second-order valence-electron chi connectivity index (χ2n) is 7.37. The smallest absolute Gasteiger partial charge is 0.115 e. The van der Waals surface area contributed by atoms with Crippen molar-refractivity contribution in [3.63, 3.8) is 0 Å². The third kappa shape index (κ3) is 4.24. The molecule has 0 aromatic heterocycles. The van der Waals surface area contributed by atoms with E-state index in [9.17, 15) is 5.11 Å². The van der Waals surface area contributed by atoms with E-state index in [1.807, 2.05) is 12.1 Å². The van der Waals surface area contributed by atoms with Crippen molar-refractivity contribution in [1.29, 1.82) is 0 Å². The summed E-state index contributed by atoms with van der Waals surface area (Å²) in [7, 11) is 0. The van der Waals surface area contributed by atoms with Crippen molar-refractivity contribution in [2.24, 2.45) is 5.92 Å². The molecule has 0 spiro atoms. The minimum Gasteiger partial charge on any atom is -0.508 e. The van der Waals surface area contributed by atoms with Crippen LogP contribution in [0.4, 0.5) is 0 Å². The molecule has 3 unspecified atom stereocenters. The molecule has 2 nitrogen and oxygen atoms in total. The van der Waals surface area contributed by atoms with E-state index in [4.69, 9.17) is 0 Å². The third-order valence-corrected chi connectivity index (χ3v) is 5.71. The Morgan fingerprint density at radius 3 is 2.60 bits per heavy atom. The lowest BCUT2D eigenvalue weighted by Gasteiger charge is -2.40. The molecule has 2 heteroatoms. The number of benzene rings is 2. The molecule has 2 aromatic rings. The maximum atomic E-state index is 9.99. The zero-order chi connectivity index (χ0) is 17.6. The van der Waals surface area contributed by atoms with E-state index >= 15 is 0 Å². The van der Waals surface area contributed by atoms with Crippen molar-refractivity contribution < 1.29 is 5.11 Å². The Morgan fingerprint density at radius 1 is 1.08 bits per heavy atom. The minimum atomic E-state index is 0.401. The Kier molecular flexibility index (Phi) is 6.14. The summed E-state index contributed by atoms with van der Waals surface area (Å²) in [5, 5.41) is 13.9.